The molecule has 0 aliphatic rings. The summed E-state index contributed by atoms with van der Waals surface area (Å²) in [6, 6.07) is 15.7. The summed E-state index contributed by atoms with van der Waals surface area (Å²) in [5, 5.41) is 8.24. The van der Waals surface area contributed by atoms with Crippen LogP contribution in [-0.2, 0) is 4.79 Å². The number of aromatic nitrogens is 2. The van der Waals surface area contributed by atoms with Gasteiger partial charge in [0.25, 0.3) is 5.22 Å². The Kier molecular flexibility index (Phi) is 5.42. The van der Waals surface area contributed by atoms with Gasteiger partial charge in [-0.1, -0.05) is 47.5 Å². The lowest BCUT2D eigenvalue weighted by Gasteiger charge is -2.18. The molecule has 3 rings (SSSR count). The minimum Gasteiger partial charge on any atom is -0.411 e. The van der Waals surface area contributed by atoms with E-state index in [1.807, 2.05) is 56.3 Å². The first-order chi connectivity index (χ1) is 12.4. The van der Waals surface area contributed by atoms with Gasteiger partial charge in [0.1, 0.15) is 5.25 Å². The highest BCUT2D eigenvalue weighted by Crippen LogP contribution is 2.36. The topological polar surface area (TPSA) is 59.2 Å². The Morgan fingerprint density at radius 2 is 1.69 bits per heavy atom. The summed E-state index contributed by atoms with van der Waals surface area (Å²) in [4.78, 5) is 14.2. The van der Waals surface area contributed by atoms with E-state index >= 15 is 0 Å². The molecular weight excluding hydrogens is 346 g/mol. The smallest absolute Gasteiger partial charge is 0.277 e. The van der Waals surface area contributed by atoms with Crippen LogP contribution in [-0.4, -0.2) is 35.1 Å². The summed E-state index contributed by atoms with van der Waals surface area (Å²) in [6.45, 7) is 4.06. The lowest BCUT2D eigenvalue weighted by molar-refractivity contribution is -0.128. The fraction of sp³-hybridized carbons (Fsp3) is 0.250. The lowest BCUT2D eigenvalue weighted by Crippen LogP contribution is -2.26. The van der Waals surface area contributed by atoms with Gasteiger partial charge in [0, 0.05) is 19.7 Å². The van der Waals surface area contributed by atoms with Gasteiger partial charge in [0.15, 0.2) is 0 Å². The SMILES string of the molecule is Cc1cc(C)cc(-c2nnc(S[C@@H](C(=O)N(C)C)c3ccccc3)o2)c1. The fourth-order valence-corrected chi connectivity index (χ4v) is 3.72. The monoisotopic (exact) mass is 367 g/mol. The Hall–Kier alpha value is -2.60. The molecular formula is C20H21N3O2S. The predicted octanol–water partition coefficient (Wildman–Crippen LogP) is 4.28. The number of carbonyl (C=O) groups excluding carboxylic acids is 1. The van der Waals surface area contributed by atoms with E-state index in [9.17, 15) is 4.79 Å². The predicted molar refractivity (Wildman–Crippen MR) is 103 cm³/mol. The molecule has 0 aliphatic carbocycles. The number of carbonyl (C=O) groups is 1. The number of hydrogen-bond donors (Lipinski definition) is 0. The lowest BCUT2D eigenvalue weighted by atomic mass is 10.1. The van der Waals surface area contributed by atoms with Crippen molar-refractivity contribution in [3.63, 3.8) is 0 Å². The molecule has 1 atom stereocenters. The second-order valence-electron chi connectivity index (χ2n) is 6.39. The molecule has 0 radical (unpaired) electrons. The van der Waals surface area contributed by atoms with Gasteiger partial charge >= 0.3 is 0 Å². The minimum absolute atomic E-state index is 0.0210. The highest BCUT2D eigenvalue weighted by atomic mass is 32.2. The second-order valence-corrected chi connectivity index (χ2v) is 7.45. The van der Waals surface area contributed by atoms with Crippen LogP contribution >= 0.6 is 11.8 Å². The standard InChI is InChI=1S/C20H21N3O2S/c1-13-10-14(2)12-16(11-13)18-21-22-20(25-18)26-17(19(24)23(3)4)15-8-6-5-7-9-15/h5-12,17H,1-4H3/t17-/m1/s1. The zero-order valence-electron chi connectivity index (χ0n) is 15.3. The maximum absolute atomic E-state index is 12.6. The number of nitrogens with zero attached hydrogens (tertiary/aromatic N) is 3. The van der Waals surface area contributed by atoms with Crippen LogP contribution in [0.5, 0.6) is 0 Å². The molecule has 6 heteroatoms. The highest BCUT2D eigenvalue weighted by molar-refractivity contribution is 8.00. The van der Waals surface area contributed by atoms with Gasteiger partial charge in [-0.05, 0) is 43.3 Å². The number of rotatable bonds is 5. The molecule has 2 aromatic carbocycles. The van der Waals surface area contributed by atoms with Crippen LogP contribution in [0.4, 0.5) is 0 Å². The molecule has 0 saturated heterocycles. The molecule has 3 aromatic rings. The number of likely N-dealkylation sites (N-methyl/N-ethyl adjacent to an activating group) is 1. The normalized spacial score (nSPS) is 12.0. The summed E-state index contributed by atoms with van der Waals surface area (Å²) in [6.07, 6.45) is 0. The van der Waals surface area contributed by atoms with E-state index in [1.54, 1.807) is 19.0 Å². The summed E-state index contributed by atoms with van der Waals surface area (Å²) in [7, 11) is 3.49. The van der Waals surface area contributed by atoms with E-state index in [-0.39, 0.29) is 5.91 Å². The molecule has 0 fully saturated rings. The van der Waals surface area contributed by atoms with Crippen molar-refractivity contribution in [1.29, 1.82) is 0 Å². The number of benzene rings is 2. The zero-order valence-corrected chi connectivity index (χ0v) is 16.1. The van der Waals surface area contributed by atoms with Crippen molar-refractivity contribution in [2.45, 2.75) is 24.3 Å². The van der Waals surface area contributed by atoms with Gasteiger partial charge in [-0.25, -0.2) is 0 Å². The largest absolute Gasteiger partial charge is 0.411 e. The molecule has 5 nitrogen and oxygen atoms in total. The molecule has 0 aliphatic heterocycles. The van der Waals surface area contributed by atoms with Crippen molar-refractivity contribution in [3.05, 3.63) is 65.2 Å². The third-order valence-corrected chi connectivity index (χ3v) is 4.94. The quantitative estimate of drug-likeness (QED) is 0.630. The molecule has 1 amide bonds. The first-order valence-electron chi connectivity index (χ1n) is 8.29. The first-order valence-corrected chi connectivity index (χ1v) is 9.17. The van der Waals surface area contributed by atoms with Crippen molar-refractivity contribution in [1.82, 2.24) is 15.1 Å². The van der Waals surface area contributed by atoms with E-state index < -0.39 is 5.25 Å². The molecule has 1 aromatic heterocycles. The summed E-state index contributed by atoms with van der Waals surface area (Å²) >= 11 is 1.27. The van der Waals surface area contributed by atoms with Crippen molar-refractivity contribution in [3.8, 4) is 11.5 Å². The summed E-state index contributed by atoms with van der Waals surface area (Å²) < 4.78 is 5.83. The van der Waals surface area contributed by atoms with Gasteiger partial charge in [-0.3, -0.25) is 4.79 Å². The Bertz CT molecular complexity index is 886. The molecule has 0 saturated carbocycles. The van der Waals surface area contributed by atoms with Gasteiger partial charge in [0.05, 0.1) is 0 Å². The van der Waals surface area contributed by atoms with Crippen molar-refractivity contribution >= 4 is 17.7 Å². The molecule has 0 spiro atoms. The van der Waals surface area contributed by atoms with Gasteiger partial charge < -0.3 is 9.32 Å². The fourth-order valence-electron chi connectivity index (χ4n) is 2.70. The third-order valence-electron chi connectivity index (χ3n) is 3.86. The van der Waals surface area contributed by atoms with Crippen LogP contribution in [0.1, 0.15) is 21.9 Å². The number of thioether (sulfide) groups is 1. The second kappa shape index (κ2) is 7.74. The van der Waals surface area contributed by atoms with Gasteiger partial charge in [0.2, 0.25) is 11.8 Å². The molecule has 0 N–H and O–H groups in total. The molecule has 0 unspecified atom stereocenters. The zero-order chi connectivity index (χ0) is 18.7. The third kappa shape index (κ3) is 4.14. The van der Waals surface area contributed by atoms with Crippen LogP contribution in [0.25, 0.3) is 11.5 Å². The highest BCUT2D eigenvalue weighted by Gasteiger charge is 2.26. The van der Waals surface area contributed by atoms with Crippen molar-refractivity contribution in [2.75, 3.05) is 14.1 Å². The summed E-state index contributed by atoms with van der Waals surface area (Å²) in [5.74, 6) is 0.441. The van der Waals surface area contributed by atoms with E-state index in [2.05, 4.69) is 16.3 Å². The maximum Gasteiger partial charge on any atom is 0.277 e. The van der Waals surface area contributed by atoms with Gasteiger partial charge in [-0.15, -0.1) is 10.2 Å². The molecule has 26 heavy (non-hydrogen) atoms. The average Bonchev–Trinajstić information content (AvgIpc) is 3.08. The first kappa shape index (κ1) is 18.2. The molecule has 0 bridgehead atoms. The Labute approximate surface area is 157 Å². The van der Waals surface area contributed by atoms with Crippen molar-refractivity contribution in [2.24, 2.45) is 0 Å². The Balaban J connectivity index is 1.88. The molecule has 134 valence electrons. The van der Waals surface area contributed by atoms with Crippen LogP contribution < -0.4 is 0 Å². The number of hydrogen-bond acceptors (Lipinski definition) is 5. The number of amides is 1. The van der Waals surface area contributed by atoms with Crippen LogP contribution in [0.15, 0.2) is 58.2 Å². The van der Waals surface area contributed by atoms with E-state index in [4.69, 9.17) is 4.42 Å². The maximum atomic E-state index is 12.6. The van der Waals surface area contributed by atoms with Crippen LogP contribution in [0, 0.1) is 13.8 Å². The Morgan fingerprint density at radius 3 is 2.31 bits per heavy atom. The summed E-state index contributed by atoms with van der Waals surface area (Å²) in [5.41, 5.74) is 4.06. The van der Waals surface area contributed by atoms with E-state index in [0.717, 1.165) is 22.3 Å². The van der Waals surface area contributed by atoms with Crippen LogP contribution in [0.3, 0.4) is 0 Å². The molecule has 1 heterocycles. The van der Waals surface area contributed by atoms with Crippen LogP contribution in [0.2, 0.25) is 0 Å². The minimum atomic E-state index is -0.432. The Morgan fingerprint density at radius 1 is 1.04 bits per heavy atom. The average molecular weight is 367 g/mol. The van der Waals surface area contributed by atoms with E-state index in [1.165, 1.54) is 11.8 Å². The number of aryl methyl sites for hydroxylation is 2. The van der Waals surface area contributed by atoms with Crippen molar-refractivity contribution < 1.29 is 9.21 Å². The van der Waals surface area contributed by atoms with Gasteiger partial charge in [-0.2, -0.15) is 0 Å². The van der Waals surface area contributed by atoms with E-state index in [0.29, 0.717) is 11.1 Å².